The van der Waals surface area contributed by atoms with Gasteiger partial charge in [0.05, 0.1) is 6.61 Å². The van der Waals surface area contributed by atoms with Crippen molar-refractivity contribution < 1.29 is 4.74 Å². The quantitative estimate of drug-likeness (QED) is 0.749. The molecule has 0 aromatic carbocycles. The van der Waals surface area contributed by atoms with Crippen LogP contribution in [0.4, 0.5) is 0 Å². The molecule has 19 heavy (non-hydrogen) atoms. The molecule has 0 aliphatic carbocycles. The normalized spacial score (nSPS) is 36.8. The van der Waals surface area contributed by atoms with Gasteiger partial charge in [0.1, 0.15) is 0 Å². The third-order valence-corrected chi connectivity index (χ3v) is 4.95. The summed E-state index contributed by atoms with van der Waals surface area (Å²) in [5.41, 5.74) is 0.358. The van der Waals surface area contributed by atoms with E-state index in [1.807, 2.05) is 0 Å². The molecule has 2 saturated heterocycles. The summed E-state index contributed by atoms with van der Waals surface area (Å²) in [6, 6.07) is 0. The van der Waals surface area contributed by atoms with Crippen molar-refractivity contribution in [2.24, 2.45) is 17.3 Å². The number of hydrogen-bond acceptors (Lipinski definition) is 3. The molecule has 2 aliphatic heterocycles. The summed E-state index contributed by atoms with van der Waals surface area (Å²) < 4.78 is 5.81. The Hall–Kier alpha value is -0.120. The lowest BCUT2D eigenvalue weighted by molar-refractivity contribution is -0.0236. The van der Waals surface area contributed by atoms with E-state index >= 15 is 0 Å². The largest absolute Gasteiger partial charge is 0.381 e. The van der Waals surface area contributed by atoms with Gasteiger partial charge in [0.15, 0.2) is 0 Å². The minimum atomic E-state index is 0.358. The Labute approximate surface area is 119 Å². The Morgan fingerprint density at radius 2 is 2.00 bits per heavy atom. The van der Waals surface area contributed by atoms with Crippen LogP contribution in [0.15, 0.2) is 0 Å². The minimum absolute atomic E-state index is 0.358. The molecule has 0 amide bonds. The maximum absolute atomic E-state index is 5.81. The molecule has 0 spiro atoms. The van der Waals surface area contributed by atoms with Gasteiger partial charge in [0.2, 0.25) is 0 Å². The minimum Gasteiger partial charge on any atom is -0.381 e. The van der Waals surface area contributed by atoms with Gasteiger partial charge in [-0.05, 0) is 37.6 Å². The van der Waals surface area contributed by atoms with Gasteiger partial charge in [0, 0.05) is 38.2 Å². The summed E-state index contributed by atoms with van der Waals surface area (Å²) in [6.45, 7) is 15.0. The third kappa shape index (κ3) is 4.17. The molecule has 3 atom stereocenters. The van der Waals surface area contributed by atoms with Gasteiger partial charge < -0.3 is 15.0 Å². The Kier molecular flexibility index (Phi) is 5.67. The van der Waals surface area contributed by atoms with E-state index in [9.17, 15) is 0 Å². The molecule has 3 unspecified atom stereocenters. The van der Waals surface area contributed by atoms with E-state index in [1.54, 1.807) is 0 Å². The summed E-state index contributed by atoms with van der Waals surface area (Å²) in [5, 5.41) is 3.64. The van der Waals surface area contributed by atoms with Crippen LogP contribution in [-0.2, 0) is 4.74 Å². The lowest BCUT2D eigenvalue weighted by Crippen LogP contribution is -2.48. The molecule has 112 valence electrons. The summed E-state index contributed by atoms with van der Waals surface area (Å²) in [7, 11) is 0. The number of nitrogens with one attached hydrogen (secondary N) is 1. The third-order valence-electron chi connectivity index (χ3n) is 4.95. The Morgan fingerprint density at radius 1 is 1.26 bits per heavy atom. The summed E-state index contributed by atoms with van der Waals surface area (Å²) >= 11 is 0. The van der Waals surface area contributed by atoms with Gasteiger partial charge in [-0.25, -0.2) is 0 Å². The lowest BCUT2D eigenvalue weighted by atomic mass is 9.81. The van der Waals surface area contributed by atoms with Crippen LogP contribution < -0.4 is 5.32 Å². The van der Waals surface area contributed by atoms with Crippen molar-refractivity contribution >= 4 is 0 Å². The van der Waals surface area contributed by atoms with Crippen molar-refractivity contribution in [3.63, 3.8) is 0 Å². The molecule has 0 radical (unpaired) electrons. The van der Waals surface area contributed by atoms with E-state index in [0.29, 0.717) is 5.41 Å². The first-order valence-corrected chi connectivity index (χ1v) is 8.16. The molecule has 0 aromatic heterocycles. The molecule has 0 aromatic rings. The zero-order valence-corrected chi connectivity index (χ0v) is 13.1. The van der Waals surface area contributed by atoms with E-state index in [2.05, 4.69) is 31.0 Å². The van der Waals surface area contributed by atoms with E-state index in [0.717, 1.165) is 38.1 Å². The average Bonchev–Trinajstić information content (AvgIpc) is 2.69. The maximum atomic E-state index is 5.81. The fraction of sp³-hybridized carbons (Fsp3) is 1.00. The Bertz CT molecular complexity index is 253. The van der Waals surface area contributed by atoms with Gasteiger partial charge in [0.25, 0.3) is 0 Å². The molecule has 0 bridgehead atoms. The van der Waals surface area contributed by atoms with Crippen molar-refractivity contribution in [3.05, 3.63) is 0 Å². The zero-order chi connectivity index (χ0) is 13.7. The Morgan fingerprint density at radius 3 is 2.58 bits per heavy atom. The summed E-state index contributed by atoms with van der Waals surface area (Å²) in [5.74, 6) is 1.70. The second-order valence-electron chi connectivity index (χ2n) is 6.98. The van der Waals surface area contributed by atoms with Crippen molar-refractivity contribution in [2.45, 2.75) is 40.0 Å². The van der Waals surface area contributed by atoms with E-state index in [1.165, 1.54) is 38.9 Å². The highest BCUT2D eigenvalue weighted by Crippen LogP contribution is 2.32. The number of hydrogen-bond donors (Lipinski definition) is 1. The first kappa shape index (κ1) is 15.3. The SMILES string of the molecule is CCCNCC1(CN2CC(C)C(C)C2)CCCOC1. The second kappa shape index (κ2) is 7.05. The molecule has 0 saturated carbocycles. The van der Waals surface area contributed by atoms with Gasteiger partial charge >= 0.3 is 0 Å². The highest BCUT2D eigenvalue weighted by molar-refractivity contribution is 4.90. The highest BCUT2D eigenvalue weighted by atomic mass is 16.5. The summed E-state index contributed by atoms with van der Waals surface area (Å²) in [4.78, 5) is 2.68. The number of rotatable bonds is 6. The van der Waals surface area contributed by atoms with E-state index in [-0.39, 0.29) is 0 Å². The topological polar surface area (TPSA) is 24.5 Å². The van der Waals surface area contributed by atoms with Crippen LogP contribution in [0.25, 0.3) is 0 Å². The maximum Gasteiger partial charge on any atom is 0.0546 e. The molecule has 1 N–H and O–H groups in total. The van der Waals surface area contributed by atoms with Gasteiger partial charge in [-0.1, -0.05) is 20.8 Å². The van der Waals surface area contributed by atoms with Crippen LogP contribution in [0, 0.1) is 17.3 Å². The first-order chi connectivity index (χ1) is 9.15. The molecular formula is C16H32N2O. The van der Waals surface area contributed by atoms with Crippen LogP contribution >= 0.6 is 0 Å². The number of ether oxygens (including phenoxy) is 1. The predicted molar refractivity (Wildman–Crippen MR) is 80.4 cm³/mol. The second-order valence-corrected chi connectivity index (χ2v) is 6.98. The number of nitrogens with zero attached hydrogens (tertiary/aromatic N) is 1. The van der Waals surface area contributed by atoms with Crippen molar-refractivity contribution in [3.8, 4) is 0 Å². The fourth-order valence-electron chi connectivity index (χ4n) is 3.61. The average molecular weight is 268 g/mol. The standard InChI is InChI=1S/C16H32N2O/c1-4-7-17-11-16(6-5-8-19-13-16)12-18-9-14(2)15(3)10-18/h14-15,17H,4-13H2,1-3H3. The smallest absolute Gasteiger partial charge is 0.0546 e. The molecule has 2 heterocycles. The monoisotopic (exact) mass is 268 g/mol. The van der Waals surface area contributed by atoms with Gasteiger partial charge in [-0.15, -0.1) is 0 Å². The Balaban J connectivity index is 1.89. The van der Waals surface area contributed by atoms with Crippen LogP contribution in [0.5, 0.6) is 0 Å². The molecule has 2 rings (SSSR count). The van der Waals surface area contributed by atoms with Crippen molar-refractivity contribution in [1.29, 1.82) is 0 Å². The molecule has 3 nitrogen and oxygen atoms in total. The van der Waals surface area contributed by atoms with Gasteiger partial charge in [-0.2, -0.15) is 0 Å². The number of likely N-dealkylation sites (tertiary alicyclic amines) is 1. The highest BCUT2D eigenvalue weighted by Gasteiger charge is 2.37. The van der Waals surface area contributed by atoms with Crippen LogP contribution in [-0.4, -0.2) is 50.8 Å². The van der Waals surface area contributed by atoms with Gasteiger partial charge in [-0.3, -0.25) is 0 Å². The zero-order valence-electron chi connectivity index (χ0n) is 13.1. The first-order valence-electron chi connectivity index (χ1n) is 8.16. The van der Waals surface area contributed by atoms with E-state index < -0.39 is 0 Å². The molecule has 2 fully saturated rings. The van der Waals surface area contributed by atoms with Crippen molar-refractivity contribution in [2.75, 3.05) is 45.9 Å². The van der Waals surface area contributed by atoms with Crippen LogP contribution in [0.2, 0.25) is 0 Å². The lowest BCUT2D eigenvalue weighted by Gasteiger charge is -2.40. The summed E-state index contributed by atoms with van der Waals surface area (Å²) in [6.07, 6.45) is 3.77. The van der Waals surface area contributed by atoms with Crippen LogP contribution in [0.1, 0.15) is 40.0 Å². The molecule has 3 heteroatoms. The fourth-order valence-corrected chi connectivity index (χ4v) is 3.61. The van der Waals surface area contributed by atoms with Crippen molar-refractivity contribution in [1.82, 2.24) is 10.2 Å². The van der Waals surface area contributed by atoms with E-state index in [4.69, 9.17) is 4.74 Å². The molecule has 2 aliphatic rings. The predicted octanol–water partition coefficient (Wildman–Crippen LogP) is 2.37. The molecular weight excluding hydrogens is 236 g/mol. The van der Waals surface area contributed by atoms with Crippen LogP contribution in [0.3, 0.4) is 0 Å².